The smallest absolute Gasteiger partial charge is 0.332 e. The van der Waals surface area contributed by atoms with Crippen LogP contribution in [0, 0.1) is 0 Å². The highest BCUT2D eigenvalue weighted by atomic mass is 16.5. The second-order valence-electron chi connectivity index (χ2n) is 2.87. The Kier molecular flexibility index (Phi) is 6.37. The maximum atomic E-state index is 10.8. The van der Waals surface area contributed by atoms with Crippen molar-refractivity contribution >= 4 is 11.9 Å². The van der Waals surface area contributed by atoms with E-state index in [0.29, 0.717) is 6.61 Å². The van der Waals surface area contributed by atoms with Crippen LogP contribution in [0.5, 0.6) is 0 Å². The van der Waals surface area contributed by atoms with Gasteiger partial charge in [-0.1, -0.05) is 6.92 Å². The zero-order valence-electron chi connectivity index (χ0n) is 8.95. The lowest BCUT2D eigenvalue weighted by Gasteiger charge is -2.07. The van der Waals surface area contributed by atoms with Crippen LogP contribution in [0.15, 0.2) is 11.1 Å². The number of hydrogen-bond acceptors (Lipinski definition) is 3. The molecular weight excluding hydrogens is 200 g/mol. The summed E-state index contributed by atoms with van der Waals surface area (Å²) in [4.78, 5) is 21.6. The summed E-state index contributed by atoms with van der Waals surface area (Å²) in [6.07, 6.45) is 0.321. The molecule has 0 bridgehead atoms. The van der Waals surface area contributed by atoms with E-state index in [1.807, 2.05) is 0 Å². The SMILES string of the molecule is CCOCC/C(C(=O)O)=C(\CC)C(=O)O. The van der Waals surface area contributed by atoms with Gasteiger partial charge in [-0.2, -0.15) is 0 Å². The summed E-state index contributed by atoms with van der Waals surface area (Å²) in [5.41, 5.74) is -0.124. The summed E-state index contributed by atoms with van der Waals surface area (Å²) < 4.78 is 5.00. The minimum Gasteiger partial charge on any atom is -0.478 e. The minimum atomic E-state index is -1.19. The standard InChI is InChI=1S/C10H16O5/c1-3-7(9(11)12)8(10(13)14)5-6-15-4-2/h3-6H2,1-2H3,(H,11,12)(H,13,14)/b8-7-. The van der Waals surface area contributed by atoms with E-state index in [9.17, 15) is 9.59 Å². The number of carbonyl (C=O) groups is 2. The van der Waals surface area contributed by atoms with Crippen LogP contribution >= 0.6 is 0 Å². The molecule has 0 spiro atoms. The Morgan fingerprint density at radius 2 is 1.60 bits per heavy atom. The van der Waals surface area contributed by atoms with Crippen molar-refractivity contribution in [3.8, 4) is 0 Å². The lowest BCUT2D eigenvalue weighted by Crippen LogP contribution is -2.13. The first-order valence-corrected chi connectivity index (χ1v) is 4.80. The second kappa shape index (κ2) is 7.00. The molecule has 0 aromatic heterocycles. The van der Waals surface area contributed by atoms with Gasteiger partial charge in [-0.25, -0.2) is 9.59 Å². The van der Waals surface area contributed by atoms with E-state index in [-0.39, 0.29) is 30.6 Å². The van der Waals surface area contributed by atoms with Gasteiger partial charge in [0.1, 0.15) is 0 Å². The molecule has 0 rings (SSSR count). The Morgan fingerprint density at radius 1 is 1.07 bits per heavy atom. The molecule has 0 aliphatic rings. The first-order valence-electron chi connectivity index (χ1n) is 4.80. The lowest BCUT2D eigenvalue weighted by molar-refractivity contribution is -0.136. The summed E-state index contributed by atoms with van der Waals surface area (Å²) in [6.45, 7) is 4.13. The largest absolute Gasteiger partial charge is 0.478 e. The molecule has 5 heteroatoms. The predicted molar refractivity (Wildman–Crippen MR) is 53.7 cm³/mol. The van der Waals surface area contributed by atoms with Gasteiger partial charge in [0.15, 0.2) is 0 Å². The molecule has 0 saturated carbocycles. The average Bonchev–Trinajstić information content (AvgIpc) is 2.16. The first-order chi connectivity index (χ1) is 7.04. The Bertz CT molecular complexity index is 267. The van der Waals surface area contributed by atoms with E-state index in [0.717, 1.165) is 0 Å². The Balaban J connectivity index is 4.75. The molecule has 0 amide bonds. The van der Waals surface area contributed by atoms with Gasteiger partial charge in [0, 0.05) is 24.2 Å². The van der Waals surface area contributed by atoms with Crippen LogP contribution in [0.3, 0.4) is 0 Å². The van der Waals surface area contributed by atoms with Crippen LogP contribution in [-0.2, 0) is 14.3 Å². The molecule has 0 fully saturated rings. The highest BCUT2D eigenvalue weighted by molar-refractivity contribution is 5.98. The molecule has 0 saturated heterocycles. The third kappa shape index (κ3) is 4.60. The molecule has 0 aliphatic carbocycles. The summed E-state index contributed by atoms with van der Waals surface area (Å²) >= 11 is 0. The topological polar surface area (TPSA) is 83.8 Å². The van der Waals surface area contributed by atoms with E-state index < -0.39 is 11.9 Å². The fourth-order valence-corrected chi connectivity index (χ4v) is 1.20. The van der Waals surface area contributed by atoms with Crippen molar-refractivity contribution in [3.05, 3.63) is 11.1 Å². The van der Waals surface area contributed by atoms with Gasteiger partial charge in [0.25, 0.3) is 0 Å². The minimum absolute atomic E-state index is 0.0535. The summed E-state index contributed by atoms with van der Waals surface area (Å²) in [5, 5.41) is 17.6. The van der Waals surface area contributed by atoms with E-state index >= 15 is 0 Å². The predicted octanol–water partition coefficient (Wildman–Crippen LogP) is 1.29. The Morgan fingerprint density at radius 3 is 1.93 bits per heavy atom. The van der Waals surface area contributed by atoms with Crippen molar-refractivity contribution in [2.24, 2.45) is 0 Å². The maximum Gasteiger partial charge on any atom is 0.332 e. The molecule has 0 aromatic carbocycles. The van der Waals surface area contributed by atoms with Crippen LogP contribution in [-0.4, -0.2) is 35.4 Å². The third-order valence-electron chi connectivity index (χ3n) is 1.93. The molecule has 15 heavy (non-hydrogen) atoms. The number of carboxylic acids is 2. The van der Waals surface area contributed by atoms with Gasteiger partial charge in [0.05, 0.1) is 6.61 Å². The highest BCUT2D eigenvalue weighted by Crippen LogP contribution is 2.13. The number of aliphatic carboxylic acids is 2. The zero-order valence-corrected chi connectivity index (χ0v) is 8.95. The molecule has 0 atom stereocenters. The van der Waals surface area contributed by atoms with Gasteiger partial charge < -0.3 is 14.9 Å². The molecule has 0 heterocycles. The van der Waals surface area contributed by atoms with Crippen LogP contribution in [0.2, 0.25) is 0 Å². The van der Waals surface area contributed by atoms with Crippen LogP contribution in [0.25, 0.3) is 0 Å². The number of rotatable bonds is 7. The summed E-state index contributed by atoms with van der Waals surface area (Å²) in [6, 6.07) is 0. The van der Waals surface area contributed by atoms with Gasteiger partial charge >= 0.3 is 11.9 Å². The average molecular weight is 216 g/mol. The highest BCUT2D eigenvalue weighted by Gasteiger charge is 2.17. The fourth-order valence-electron chi connectivity index (χ4n) is 1.20. The normalized spacial score (nSPS) is 12.1. The zero-order chi connectivity index (χ0) is 11.8. The van der Waals surface area contributed by atoms with E-state index in [4.69, 9.17) is 14.9 Å². The van der Waals surface area contributed by atoms with Crippen molar-refractivity contribution in [2.45, 2.75) is 26.7 Å². The maximum absolute atomic E-state index is 10.8. The van der Waals surface area contributed by atoms with Crippen LogP contribution in [0.4, 0.5) is 0 Å². The molecule has 0 aliphatic heterocycles. The quantitative estimate of drug-likeness (QED) is 0.495. The summed E-state index contributed by atoms with van der Waals surface area (Å²) in [7, 11) is 0. The number of ether oxygens (including phenoxy) is 1. The van der Waals surface area contributed by atoms with Crippen molar-refractivity contribution in [3.63, 3.8) is 0 Å². The molecule has 5 nitrogen and oxygen atoms in total. The molecule has 2 N–H and O–H groups in total. The first kappa shape index (κ1) is 13.6. The Labute approximate surface area is 88.4 Å². The molecule has 0 unspecified atom stereocenters. The monoisotopic (exact) mass is 216 g/mol. The Hall–Kier alpha value is -1.36. The van der Waals surface area contributed by atoms with E-state index in [1.54, 1.807) is 13.8 Å². The van der Waals surface area contributed by atoms with Gasteiger partial charge in [-0.15, -0.1) is 0 Å². The van der Waals surface area contributed by atoms with Crippen LogP contribution < -0.4 is 0 Å². The van der Waals surface area contributed by atoms with Gasteiger partial charge in [0.2, 0.25) is 0 Å². The number of hydrogen-bond donors (Lipinski definition) is 2. The van der Waals surface area contributed by atoms with Crippen molar-refractivity contribution in [1.82, 2.24) is 0 Å². The lowest BCUT2D eigenvalue weighted by atomic mass is 10.0. The van der Waals surface area contributed by atoms with Gasteiger partial charge in [-0.05, 0) is 13.3 Å². The van der Waals surface area contributed by atoms with Crippen molar-refractivity contribution in [2.75, 3.05) is 13.2 Å². The third-order valence-corrected chi connectivity index (χ3v) is 1.93. The molecule has 0 aromatic rings. The molecule has 86 valence electrons. The van der Waals surface area contributed by atoms with E-state index in [1.165, 1.54) is 0 Å². The van der Waals surface area contributed by atoms with Crippen molar-refractivity contribution in [1.29, 1.82) is 0 Å². The van der Waals surface area contributed by atoms with E-state index in [2.05, 4.69) is 0 Å². The molecule has 0 radical (unpaired) electrons. The molecular formula is C10H16O5. The second-order valence-corrected chi connectivity index (χ2v) is 2.87. The fraction of sp³-hybridized carbons (Fsp3) is 0.600. The summed E-state index contributed by atoms with van der Waals surface area (Å²) in [5.74, 6) is -2.36. The van der Waals surface area contributed by atoms with Gasteiger partial charge in [-0.3, -0.25) is 0 Å². The number of carboxylic acid groups (broad SMARTS) is 2. The van der Waals surface area contributed by atoms with Crippen LogP contribution in [0.1, 0.15) is 26.7 Å². The van der Waals surface area contributed by atoms with Crippen molar-refractivity contribution < 1.29 is 24.5 Å².